The average Bonchev–Trinajstić information content (AvgIpc) is 3.12. The summed E-state index contributed by atoms with van der Waals surface area (Å²) >= 11 is 6.56. The van der Waals surface area contributed by atoms with E-state index in [1.807, 2.05) is 182 Å². The number of rotatable bonds is 12. The quantitative estimate of drug-likeness (QED) is 0.114. The first kappa shape index (κ1) is 36.5. The molecule has 0 spiro atoms. The van der Waals surface area contributed by atoms with E-state index in [0.717, 1.165) is 0 Å². The van der Waals surface area contributed by atoms with E-state index >= 15 is 0 Å². The Bertz CT molecular complexity index is 1310. The van der Waals surface area contributed by atoms with Crippen molar-refractivity contribution in [2.24, 2.45) is 0 Å². The number of para-hydroxylation sites is 6. The fourth-order valence-corrected chi connectivity index (χ4v) is 5.50. The molecule has 0 aliphatic heterocycles. The molecule has 6 aromatic carbocycles. The van der Waals surface area contributed by atoms with Crippen molar-refractivity contribution in [3.05, 3.63) is 182 Å². The van der Waals surface area contributed by atoms with Crippen LogP contribution in [0, 0.1) is 0 Å². The topological polar surface area (TPSA) is 55.4 Å². The Morgan fingerprint density at radius 3 is 0.532 bits per heavy atom. The SMILES string of the molecule is [Br][Pt][Br].c1ccc(OP(Oc2ccccc2)Oc2ccccc2)cc1.c1ccc(OP(Oc2ccccc2)Oc2ccccc2)cc1. The van der Waals surface area contributed by atoms with Crippen LogP contribution in [0.15, 0.2) is 182 Å². The predicted octanol–water partition coefficient (Wildman–Crippen LogP) is 12.6. The average molecular weight is 975 g/mol. The van der Waals surface area contributed by atoms with Gasteiger partial charge in [0.1, 0.15) is 34.5 Å². The summed E-state index contributed by atoms with van der Waals surface area (Å²) in [5, 5.41) is 0. The summed E-state index contributed by atoms with van der Waals surface area (Å²) in [6, 6.07) is 57.0. The molecule has 244 valence electrons. The molecule has 0 saturated heterocycles. The maximum atomic E-state index is 5.84. The molecule has 0 aliphatic carbocycles. The number of benzene rings is 6. The molecule has 11 heteroatoms. The molecule has 6 rings (SSSR count). The number of halogens is 2. The number of hydrogen-bond acceptors (Lipinski definition) is 6. The van der Waals surface area contributed by atoms with E-state index in [9.17, 15) is 0 Å². The van der Waals surface area contributed by atoms with E-state index in [4.69, 9.17) is 27.1 Å². The van der Waals surface area contributed by atoms with Crippen LogP contribution in [0.1, 0.15) is 0 Å². The molecule has 6 nitrogen and oxygen atoms in total. The minimum absolute atomic E-state index is 0.208. The summed E-state index contributed by atoms with van der Waals surface area (Å²) in [5.74, 6) is 4.25. The molecule has 0 N–H and O–H groups in total. The van der Waals surface area contributed by atoms with Crippen molar-refractivity contribution in [2.45, 2.75) is 0 Å². The second-order valence-electron chi connectivity index (χ2n) is 8.92. The van der Waals surface area contributed by atoms with Gasteiger partial charge >= 0.3 is 58.2 Å². The van der Waals surface area contributed by atoms with Gasteiger partial charge in [0.05, 0.1) is 0 Å². The minimum Gasteiger partial charge on any atom is -0.409 e. The van der Waals surface area contributed by atoms with Gasteiger partial charge in [-0.05, 0) is 72.8 Å². The largest absolute Gasteiger partial charge is 0.530 e. The fourth-order valence-electron chi connectivity index (χ4n) is 3.52. The van der Waals surface area contributed by atoms with Gasteiger partial charge in [0.2, 0.25) is 0 Å². The molecule has 0 bridgehead atoms. The van der Waals surface area contributed by atoms with Crippen LogP contribution in [0.25, 0.3) is 0 Å². The van der Waals surface area contributed by atoms with Crippen molar-refractivity contribution in [3.63, 3.8) is 0 Å². The summed E-state index contributed by atoms with van der Waals surface area (Å²) in [7, 11) is -3.18. The van der Waals surface area contributed by atoms with E-state index < -0.39 is 17.2 Å². The summed E-state index contributed by atoms with van der Waals surface area (Å²) in [6.45, 7) is 0. The van der Waals surface area contributed by atoms with Crippen molar-refractivity contribution in [1.29, 1.82) is 0 Å². The molecule has 47 heavy (non-hydrogen) atoms. The molecular weight excluding hydrogens is 945 g/mol. The Morgan fingerprint density at radius 1 is 0.277 bits per heavy atom. The van der Waals surface area contributed by atoms with Gasteiger partial charge in [-0.1, -0.05) is 109 Å². The van der Waals surface area contributed by atoms with Crippen LogP contribution < -0.4 is 27.1 Å². The zero-order chi connectivity index (χ0) is 32.8. The van der Waals surface area contributed by atoms with Gasteiger partial charge < -0.3 is 27.1 Å². The second kappa shape index (κ2) is 22.2. The molecule has 0 aliphatic rings. The molecule has 0 fully saturated rings. The van der Waals surface area contributed by atoms with E-state index in [2.05, 4.69) is 26.6 Å². The van der Waals surface area contributed by atoms with Gasteiger partial charge in [-0.3, -0.25) is 0 Å². The summed E-state index contributed by atoms with van der Waals surface area (Å²) in [4.78, 5) is 0. The van der Waals surface area contributed by atoms with E-state index in [1.54, 1.807) is 0 Å². The Kier molecular flexibility index (Phi) is 17.3. The zero-order valence-electron chi connectivity index (χ0n) is 24.7. The maximum Gasteiger partial charge on any atom is 0.530 e. The van der Waals surface area contributed by atoms with Crippen molar-refractivity contribution in [3.8, 4) is 34.5 Å². The first-order valence-corrected chi connectivity index (χ1v) is 26.1. The van der Waals surface area contributed by atoms with E-state index in [1.165, 1.54) is 0 Å². The normalized spacial score (nSPS) is 10.0. The van der Waals surface area contributed by atoms with Gasteiger partial charge in [-0.15, -0.1) is 0 Å². The maximum absolute atomic E-state index is 5.84. The summed E-state index contributed by atoms with van der Waals surface area (Å²) in [5.41, 5.74) is 0. The van der Waals surface area contributed by atoms with Crippen molar-refractivity contribution in [2.75, 3.05) is 0 Å². The van der Waals surface area contributed by atoms with Crippen LogP contribution in [0.5, 0.6) is 34.5 Å². The predicted molar refractivity (Wildman–Crippen MR) is 194 cm³/mol. The summed E-state index contributed by atoms with van der Waals surface area (Å²) < 4.78 is 35.1. The summed E-state index contributed by atoms with van der Waals surface area (Å²) in [6.07, 6.45) is 0. The molecular formula is C36H30Br2O6P2Pt. The molecule has 0 amide bonds. The molecule has 0 atom stereocenters. The van der Waals surface area contributed by atoms with Gasteiger partial charge in [0.25, 0.3) is 0 Å². The van der Waals surface area contributed by atoms with Gasteiger partial charge in [-0.2, -0.15) is 0 Å². The van der Waals surface area contributed by atoms with Crippen molar-refractivity contribution >= 4 is 43.8 Å². The van der Waals surface area contributed by atoms with Gasteiger partial charge in [-0.25, -0.2) is 0 Å². The van der Waals surface area contributed by atoms with E-state index in [-0.39, 0.29) is 14.5 Å². The van der Waals surface area contributed by atoms with Crippen LogP contribution in [-0.4, -0.2) is 0 Å². The minimum atomic E-state index is -1.59. The third kappa shape index (κ3) is 14.9. The van der Waals surface area contributed by atoms with E-state index in [0.29, 0.717) is 34.5 Å². The molecule has 0 radical (unpaired) electrons. The van der Waals surface area contributed by atoms with Crippen LogP contribution in [-0.2, 0) is 14.5 Å². The molecule has 0 aromatic heterocycles. The Labute approximate surface area is 299 Å². The first-order valence-electron chi connectivity index (χ1n) is 14.0. The standard InChI is InChI=1S/2C18H15O3P.2BrH.Pt/c2*1-4-10-16(11-5-1)19-22(20-17-12-6-2-7-13-17)21-18-14-8-3-9-15-18;;;/h2*1-15H;2*1H;/q;;;;+2/p-2. The van der Waals surface area contributed by atoms with Gasteiger partial charge in [0.15, 0.2) is 0 Å². The number of hydrogen-bond donors (Lipinski definition) is 0. The fraction of sp³-hybridized carbons (Fsp3) is 0. The van der Waals surface area contributed by atoms with Crippen LogP contribution in [0.2, 0.25) is 0 Å². The zero-order valence-corrected chi connectivity index (χ0v) is 32.0. The Balaban J connectivity index is 0.000000197. The van der Waals surface area contributed by atoms with Crippen LogP contribution >= 0.6 is 43.8 Å². The third-order valence-corrected chi connectivity index (χ3v) is 7.70. The van der Waals surface area contributed by atoms with Crippen LogP contribution in [0.3, 0.4) is 0 Å². The van der Waals surface area contributed by atoms with Crippen molar-refractivity contribution in [1.82, 2.24) is 0 Å². The first-order chi connectivity index (χ1) is 23.2. The molecule has 0 unspecified atom stereocenters. The Hall–Kier alpha value is -3.37. The van der Waals surface area contributed by atoms with Crippen molar-refractivity contribution < 1.29 is 41.6 Å². The molecule has 6 aromatic rings. The molecule has 0 heterocycles. The second-order valence-corrected chi connectivity index (χ2v) is 20.8. The van der Waals surface area contributed by atoms with Gasteiger partial charge in [0, 0.05) is 0 Å². The smallest absolute Gasteiger partial charge is 0.409 e. The monoisotopic (exact) mass is 973 g/mol. The molecule has 0 saturated carbocycles. The third-order valence-electron chi connectivity index (χ3n) is 5.54. The van der Waals surface area contributed by atoms with Crippen LogP contribution in [0.4, 0.5) is 0 Å². The Morgan fingerprint density at radius 2 is 0.404 bits per heavy atom.